The summed E-state index contributed by atoms with van der Waals surface area (Å²) in [6.07, 6.45) is 2.30. The van der Waals surface area contributed by atoms with Crippen molar-refractivity contribution >= 4 is 10.8 Å². The summed E-state index contributed by atoms with van der Waals surface area (Å²) >= 11 is 0. The fraction of sp³-hybridized carbons (Fsp3) is 0.143. The number of hydrogen-bond acceptors (Lipinski definition) is 3. The molecule has 88 valence electrons. The van der Waals surface area contributed by atoms with Crippen LogP contribution in [0.4, 0.5) is 0 Å². The van der Waals surface area contributed by atoms with Gasteiger partial charge in [0.25, 0.3) is 0 Å². The number of ether oxygens (including phenoxy) is 1. The molecule has 0 radical (unpaired) electrons. The number of phenols is 2. The third-order valence-corrected chi connectivity index (χ3v) is 2.77. The maximum atomic E-state index is 9.91. The molecule has 2 aromatic carbocycles. The monoisotopic (exact) mass is 230 g/mol. The van der Waals surface area contributed by atoms with Gasteiger partial charge in [-0.3, -0.25) is 0 Å². The minimum atomic E-state index is -0.219. The molecule has 0 saturated carbocycles. The first-order valence-corrected chi connectivity index (χ1v) is 5.31. The first-order chi connectivity index (χ1) is 8.20. The van der Waals surface area contributed by atoms with E-state index in [1.807, 2.05) is 18.2 Å². The number of fused-ring (bicyclic) bond motifs is 1. The molecule has 2 aromatic rings. The summed E-state index contributed by atoms with van der Waals surface area (Å²) in [6, 6.07) is 7.34. The molecule has 0 amide bonds. The van der Waals surface area contributed by atoms with Crippen LogP contribution in [0, 0.1) is 0 Å². The zero-order valence-electron chi connectivity index (χ0n) is 9.60. The Bertz CT molecular complexity index is 573. The van der Waals surface area contributed by atoms with Crippen molar-refractivity contribution in [1.82, 2.24) is 0 Å². The summed E-state index contributed by atoms with van der Waals surface area (Å²) in [5.41, 5.74) is 0.827. The minimum Gasteiger partial charge on any atom is -0.504 e. The van der Waals surface area contributed by atoms with Crippen molar-refractivity contribution in [3.63, 3.8) is 0 Å². The molecule has 2 N–H and O–H groups in total. The molecule has 0 unspecified atom stereocenters. The zero-order valence-corrected chi connectivity index (χ0v) is 9.60. The predicted octanol–water partition coefficient (Wildman–Crippen LogP) is 2.99. The van der Waals surface area contributed by atoms with Crippen molar-refractivity contribution < 1.29 is 14.9 Å². The fourth-order valence-corrected chi connectivity index (χ4v) is 2.02. The molecule has 2 rings (SSSR count). The van der Waals surface area contributed by atoms with Gasteiger partial charge in [-0.2, -0.15) is 0 Å². The third kappa shape index (κ3) is 1.69. The standard InChI is InChI=1S/C14H14O3/c1-3-6-11-9-7-4-5-8-10(9)12(15)13(16)14(11)17-2/h3-5,7-8,15-16H,1,6H2,2H3. The van der Waals surface area contributed by atoms with Crippen molar-refractivity contribution in [1.29, 1.82) is 0 Å². The maximum Gasteiger partial charge on any atom is 0.201 e. The average molecular weight is 230 g/mol. The Labute approximate surface area is 99.6 Å². The molecule has 3 heteroatoms. The van der Waals surface area contributed by atoms with Gasteiger partial charge in [-0.1, -0.05) is 30.3 Å². The molecule has 0 heterocycles. The van der Waals surface area contributed by atoms with Gasteiger partial charge in [-0.25, -0.2) is 0 Å². The van der Waals surface area contributed by atoms with E-state index in [0.717, 1.165) is 10.9 Å². The fourth-order valence-electron chi connectivity index (χ4n) is 2.02. The lowest BCUT2D eigenvalue weighted by Crippen LogP contribution is -1.94. The summed E-state index contributed by atoms with van der Waals surface area (Å²) in [4.78, 5) is 0. The third-order valence-electron chi connectivity index (χ3n) is 2.77. The largest absolute Gasteiger partial charge is 0.504 e. The number of allylic oxidation sites excluding steroid dienone is 1. The van der Waals surface area contributed by atoms with Crippen LogP contribution in [0.5, 0.6) is 17.2 Å². The van der Waals surface area contributed by atoms with Crippen LogP contribution >= 0.6 is 0 Å². The van der Waals surface area contributed by atoms with Crippen molar-refractivity contribution in [3.8, 4) is 17.2 Å². The summed E-state index contributed by atoms with van der Waals surface area (Å²) in [7, 11) is 1.47. The van der Waals surface area contributed by atoms with E-state index in [4.69, 9.17) is 4.74 Å². The molecule has 17 heavy (non-hydrogen) atoms. The Hall–Kier alpha value is -2.16. The number of phenolic OH excluding ortho intramolecular Hbond substituents is 2. The van der Waals surface area contributed by atoms with Crippen LogP contribution in [0.2, 0.25) is 0 Å². The molecule has 0 atom stereocenters. The summed E-state index contributed by atoms with van der Waals surface area (Å²) < 4.78 is 5.16. The summed E-state index contributed by atoms with van der Waals surface area (Å²) in [5.74, 6) is -0.0607. The molecular formula is C14H14O3. The number of rotatable bonds is 3. The smallest absolute Gasteiger partial charge is 0.201 e. The van der Waals surface area contributed by atoms with Crippen LogP contribution in [0.3, 0.4) is 0 Å². The Morgan fingerprint density at radius 3 is 2.41 bits per heavy atom. The minimum absolute atomic E-state index is 0.148. The molecule has 0 aliphatic carbocycles. The Morgan fingerprint density at radius 1 is 1.18 bits per heavy atom. The molecule has 0 aliphatic rings. The van der Waals surface area contributed by atoms with Crippen LogP contribution in [0.1, 0.15) is 5.56 Å². The lowest BCUT2D eigenvalue weighted by atomic mass is 9.99. The van der Waals surface area contributed by atoms with E-state index >= 15 is 0 Å². The van der Waals surface area contributed by atoms with Crippen LogP contribution in [0.15, 0.2) is 36.9 Å². The second kappa shape index (κ2) is 4.37. The highest BCUT2D eigenvalue weighted by Gasteiger charge is 2.17. The van der Waals surface area contributed by atoms with E-state index in [1.165, 1.54) is 7.11 Å². The van der Waals surface area contributed by atoms with Gasteiger partial charge in [0.05, 0.1) is 7.11 Å². The van der Waals surface area contributed by atoms with Crippen molar-refractivity contribution in [2.75, 3.05) is 7.11 Å². The predicted molar refractivity (Wildman–Crippen MR) is 67.7 cm³/mol. The Balaban J connectivity index is 2.90. The van der Waals surface area contributed by atoms with Gasteiger partial charge in [0.1, 0.15) is 0 Å². The van der Waals surface area contributed by atoms with Crippen molar-refractivity contribution in [3.05, 3.63) is 42.5 Å². The molecule has 0 spiro atoms. The van der Waals surface area contributed by atoms with Crippen LogP contribution < -0.4 is 4.74 Å². The molecule has 0 aromatic heterocycles. The van der Waals surface area contributed by atoms with E-state index in [2.05, 4.69) is 6.58 Å². The van der Waals surface area contributed by atoms with Gasteiger partial charge in [0.15, 0.2) is 11.5 Å². The SMILES string of the molecule is C=CCc1c(OC)c(O)c(O)c2ccccc12. The molecule has 0 fully saturated rings. The number of hydrogen-bond donors (Lipinski definition) is 2. The Morgan fingerprint density at radius 2 is 1.82 bits per heavy atom. The average Bonchev–Trinajstić information content (AvgIpc) is 2.36. The van der Waals surface area contributed by atoms with Crippen molar-refractivity contribution in [2.45, 2.75) is 6.42 Å². The normalized spacial score (nSPS) is 10.4. The number of benzene rings is 2. The quantitative estimate of drug-likeness (QED) is 0.629. The van der Waals surface area contributed by atoms with Gasteiger partial charge < -0.3 is 14.9 Å². The van der Waals surface area contributed by atoms with Gasteiger partial charge >= 0.3 is 0 Å². The van der Waals surface area contributed by atoms with E-state index in [9.17, 15) is 10.2 Å². The molecular weight excluding hydrogens is 216 g/mol. The summed E-state index contributed by atoms with van der Waals surface area (Å²) in [6.45, 7) is 3.69. The zero-order chi connectivity index (χ0) is 12.4. The van der Waals surface area contributed by atoms with Crippen LogP contribution in [-0.2, 0) is 6.42 Å². The van der Waals surface area contributed by atoms with Crippen molar-refractivity contribution in [2.24, 2.45) is 0 Å². The topological polar surface area (TPSA) is 49.7 Å². The van der Waals surface area contributed by atoms with E-state index in [1.54, 1.807) is 12.1 Å². The first-order valence-electron chi connectivity index (χ1n) is 5.31. The van der Waals surface area contributed by atoms with E-state index in [-0.39, 0.29) is 11.5 Å². The van der Waals surface area contributed by atoms with Gasteiger partial charge in [0, 0.05) is 10.9 Å². The maximum absolute atomic E-state index is 9.91. The highest BCUT2D eigenvalue weighted by molar-refractivity contribution is 5.95. The molecule has 0 aliphatic heterocycles. The number of aromatic hydroxyl groups is 2. The van der Waals surface area contributed by atoms with E-state index in [0.29, 0.717) is 17.6 Å². The lowest BCUT2D eigenvalue weighted by Gasteiger charge is -2.14. The first kappa shape index (κ1) is 11.3. The van der Waals surface area contributed by atoms with Gasteiger partial charge in [-0.05, 0) is 11.8 Å². The summed E-state index contributed by atoms with van der Waals surface area (Å²) in [5, 5.41) is 21.3. The lowest BCUT2D eigenvalue weighted by molar-refractivity contribution is 0.351. The second-order valence-corrected chi connectivity index (χ2v) is 3.75. The van der Waals surface area contributed by atoms with E-state index < -0.39 is 0 Å². The van der Waals surface area contributed by atoms with Crippen LogP contribution in [0.25, 0.3) is 10.8 Å². The highest BCUT2D eigenvalue weighted by Crippen LogP contribution is 2.45. The second-order valence-electron chi connectivity index (χ2n) is 3.75. The molecule has 0 bridgehead atoms. The highest BCUT2D eigenvalue weighted by atomic mass is 16.5. The van der Waals surface area contributed by atoms with Crippen LogP contribution in [-0.4, -0.2) is 17.3 Å². The Kier molecular flexibility index (Phi) is 2.91. The molecule has 3 nitrogen and oxygen atoms in total. The molecule has 0 saturated heterocycles. The van der Waals surface area contributed by atoms with Gasteiger partial charge in [-0.15, -0.1) is 6.58 Å². The van der Waals surface area contributed by atoms with Gasteiger partial charge in [0.2, 0.25) is 5.75 Å². The number of methoxy groups -OCH3 is 1.